The van der Waals surface area contributed by atoms with Gasteiger partial charge in [-0.25, -0.2) is 0 Å². The van der Waals surface area contributed by atoms with Gasteiger partial charge >= 0.3 is 0 Å². The van der Waals surface area contributed by atoms with Crippen LogP contribution >= 0.6 is 0 Å². The van der Waals surface area contributed by atoms with Gasteiger partial charge in [0.05, 0.1) is 0 Å². The van der Waals surface area contributed by atoms with E-state index in [0.29, 0.717) is 0 Å². The van der Waals surface area contributed by atoms with E-state index in [0.717, 1.165) is 48.6 Å². The third-order valence-electron chi connectivity index (χ3n) is 5.88. The molecule has 3 aromatic heterocycles. The van der Waals surface area contributed by atoms with Gasteiger partial charge in [0.25, 0.3) is 0 Å². The van der Waals surface area contributed by atoms with E-state index >= 15 is 0 Å². The van der Waals surface area contributed by atoms with Crippen LogP contribution in [0.25, 0.3) is 34.4 Å². The number of fused-ring (bicyclic) bond motifs is 1. The molecule has 10 heteroatoms. The van der Waals surface area contributed by atoms with Gasteiger partial charge in [0.15, 0.2) is 17.3 Å². The molecule has 5 aromatic rings. The van der Waals surface area contributed by atoms with Crippen molar-refractivity contribution in [1.82, 2.24) is 9.97 Å². The molecule has 0 aliphatic carbocycles. The van der Waals surface area contributed by atoms with Crippen molar-refractivity contribution in [3.05, 3.63) is 101 Å². The highest BCUT2D eigenvalue weighted by molar-refractivity contribution is 5.88. The molecule has 41 heavy (non-hydrogen) atoms. The van der Waals surface area contributed by atoms with Gasteiger partial charge in [-0.3, -0.25) is 14.8 Å². The Morgan fingerprint density at radius 1 is 0.683 bits per heavy atom. The van der Waals surface area contributed by atoms with E-state index in [1.165, 1.54) is 18.9 Å². The Hall–Kier alpha value is -5.35. The zero-order valence-corrected chi connectivity index (χ0v) is 21.8. The second-order valence-electron chi connectivity index (χ2n) is 8.86. The SMILES string of the molecule is C(=C\c1ccncc1)/c1ccncc1.C1CCOC1.O=c1c(O)c(-c2ccc(O)c(O)c2)oc2cc(O)cc(O)c12. The third kappa shape index (κ3) is 7.61. The Balaban J connectivity index is 0.000000172. The molecule has 4 heterocycles. The van der Waals surface area contributed by atoms with Crippen molar-refractivity contribution in [2.24, 2.45) is 0 Å². The molecule has 1 fully saturated rings. The van der Waals surface area contributed by atoms with Crippen molar-refractivity contribution >= 4 is 23.1 Å². The van der Waals surface area contributed by atoms with Crippen molar-refractivity contribution in [2.75, 3.05) is 13.2 Å². The lowest BCUT2D eigenvalue weighted by Crippen LogP contribution is -2.02. The molecule has 0 saturated carbocycles. The van der Waals surface area contributed by atoms with Gasteiger partial charge < -0.3 is 34.7 Å². The fourth-order valence-electron chi connectivity index (χ4n) is 3.79. The van der Waals surface area contributed by atoms with E-state index < -0.39 is 22.7 Å². The van der Waals surface area contributed by atoms with Crippen molar-refractivity contribution in [3.8, 4) is 40.1 Å². The lowest BCUT2D eigenvalue weighted by molar-refractivity contribution is 0.198. The number of ether oxygens (including phenoxy) is 1. The van der Waals surface area contributed by atoms with Crippen LogP contribution in [0.15, 0.2) is 88.6 Å². The van der Waals surface area contributed by atoms with E-state index in [1.807, 2.05) is 24.3 Å². The molecule has 0 radical (unpaired) electrons. The Morgan fingerprint density at radius 3 is 1.78 bits per heavy atom. The quantitative estimate of drug-likeness (QED) is 0.181. The summed E-state index contributed by atoms with van der Waals surface area (Å²) in [6.45, 7) is 2.00. The van der Waals surface area contributed by atoms with Gasteiger partial charge in [-0.1, -0.05) is 12.2 Å². The van der Waals surface area contributed by atoms with Crippen LogP contribution in [0.4, 0.5) is 0 Å². The van der Waals surface area contributed by atoms with E-state index in [4.69, 9.17) is 9.15 Å². The largest absolute Gasteiger partial charge is 0.508 e. The lowest BCUT2D eigenvalue weighted by Gasteiger charge is -2.08. The highest BCUT2D eigenvalue weighted by atomic mass is 16.5. The van der Waals surface area contributed by atoms with Crippen molar-refractivity contribution in [2.45, 2.75) is 12.8 Å². The number of phenols is 4. The molecule has 0 atom stereocenters. The third-order valence-corrected chi connectivity index (χ3v) is 5.88. The highest BCUT2D eigenvalue weighted by Gasteiger charge is 2.19. The van der Waals surface area contributed by atoms with E-state index in [1.54, 1.807) is 24.8 Å². The predicted octanol–water partition coefficient (Wildman–Crippen LogP) is 5.43. The molecular formula is C31H28N2O8. The molecule has 1 saturated heterocycles. The van der Waals surface area contributed by atoms with Gasteiger partial charge in [-0.2, -0.15) is 0 Å². The van der Waals surface area contributed by atoms with Gasteiger partial charge in [0.1, 0.15) is 22.5 Å². The number of aromatic nitrogens is 2. The fraction of sp³-hybridized carbons (Fsp3) is 0.129. The van der Waals surface area contributed by atoms with Crippen LogP contribution in [0.3, 0.4) is 0 Å². The summed E-state index contributed by atoms with van der Waals surface area (Å²) in [5.41, 5.74) is 1.41. The Bertz CT molecular complexity index is 1630. The maximum atomic E-state index is 12.1. The molecule has 0 spiro atoms. The van der Waals surface area contributed by atoms with E-state index in [9.17, 15) is 30.3 Å². The Labute approximate surface area is 234 Å². The minimum absolute atomic E-state index is 0.134. The minimum Gasteiger partial charge on any atom is -0.508 e. The first-order valence-electron chi connectivity index (χ1n) is 12.6. The van der Waals surface area contributed by atoms with Gasteiger partial charge in [0.2, 0.25) is 11.2 Å². The van der Waals surface area contributed by atoms with E-state index in [2.05, 4.69) is 22.1 Å². The van der Waals surface area contributed by atoms with Crippen LogP contribution in [-0.4, -0.2) is 48.7 Å². The maximum Gasteiger partial charge on any atom is 0.238 e. The summed E-state index contributed by atoms with van der Waals surface area (Å²) < 4.78 is 10.3. The summed E-state index contributed by atoms with van der Waals surface area (Å²) in [7, 11) is 0. The van der Waals surface area contributed by atoms with Crippen LogP contribution in [0.1, 0.15) is 24.0 Å². The smallest absolute Gasteiger partial charge is 0.238 e. The molecule has 0 unspecified atom stereocenters. The lowest BCUT2D eigenvalue weighted by atomic mass is 10.1. The van der Waals surface area contributed by atoms with Crippen molar-refractivity contribution in [1.29, 1.82) is 0 Å². The Morgan fingerprint density at radius 2 is 1.27 bits per heavy atom. The second kappa shape index (κ2) is 13.6. The van der Waals surface area contributed by atoms with Crippen molar-refractivity contribution in [3.63, 3.8) is 0 Å². The van der Waals surface area contributed by atoms with Crippen molar-refractivity contribution < 1.29 is 34.7 Å². The molecule has 6 rings (SSSR count). The van der Waals surface area contributed by atoms with E-state index in [-0.39, 0.29) is 33.8 Å². The first kappa shape index (κ1) is 28.7. The number of nitrogens with zero attached hydrogens (tertiary/aromatic N) is 2. The fourth-order valence-corrected chi connectivity index (χ4v) is 3.79. The molecule has 1 aliphatic rings. The highest BCUT2D eigenvalue weighted by Crippen LogP contribution is 2.37. The van der Waals surface area contributed by atoms with Crippen LogP contribution in [0.5, 0.6) is 28.7 Å². The zero-order valence-electron chi connectivity index (χ0n) is 21.8. The molecule has 10 nitrogen and oxygen atoms in total. The zero-order chi connectivity index (χ0) is 29.2. The maximum absolute atomic E-state index is 12.1. The number of phenolic OH excluding ortho intramolecular Hbond substituents is 4. The monoisotopic (exact) mass is 556 g/mol. The molecule has 2 aromatic carbocycles. The summed E-state index contributed by atoms with van der Waals surface area (Å²) >= 11 is 0. The molecule has 210 valence electrons. The predicted molar refractivity (Wildman–Crippen MR) is 154 cm³/mol. The average Bonchev–Trinajstić information content (AvgIpc) is 3.57. The summed E-state index contributed by atoms with van der Waals surface area (Å²) in [5.74, 6) is -2.71. The van der Waals surface area contributed by atoms with Gasteiger partial charge in [-0.05, 0) is 66.4 Å². The van der Waals surface area contributed by atoms with Gasteiger partial charge in [-0.15, -0.1) is 0 Å². The number of pyridine rings is 2. The summed E-state index contributed by atoms with van der Waals surface area (Å²) in [6, 6.07) is 13.5. The number of rotatable bonds is 3. The van der Waals surface area contributed by atoms with Crippen LogP contribution in [0.2, 0.25) is 0 Å². The number of hydrogen-bond acceptors (Lipinski definition) is 10. The van der Waals surface area contributed by atoms with Gasteiger partial charge in [0, 0.05) is 55.7 Å². The van der Waals surface area contributed by atoms with Crippen LogP contribution < -0.4 is 5.43 Å². The molecule has 1 aliphatic heterocycles. The average molecular weight is 557 g/mol. The number of benzene rings is 2. The van der Waals surface area contributed by atoms with Crippen LogP contribution in [0, 0.1) is 0 Å². The number of hydrogen-bond donors (Lipinski definition) is 5. The summed E-state index contributed by atoms with van der Waals surface area (Å²) in [5, 5.41) is 47.6. The number of aromatic hydroxyl groups is 5. The summed E-state index contributed by atoms with van der Waals surface area (Å²) in [6.07, 6.45) is 13.8. The molecule has 0 bridgehead atoms. The molecule has 0 amide bonds. The first-order chi connectivity index (χ1) is 19.8. The molecular weight excluding hydrogens is 528 g/mol. The van der Waals surface area contributed by atoms with Crippen LogP contribution in [-0.2, 0) is 4.74 Å². The Kier molecular flexibility index (Phi) is 9.53. The normalized spacial score (nSPS) is 12.4. The second-order valence-corrected chi connectivity index (χ2v) is 8.86. The minimum atomic E-state index is -0.888. The summed E-state index contributed by atoms with van der Waals surface area (Å²) in [4.78, 5) is 20.1. The molecule has 5 N–H and O–H groups in total. The first-order valence-corrected chi connectivity index (χ1v) is 12.6. The standard InChI is InChI=1S/C15H10O7.C12H10N2.C4H8O/c16-7-4-10(19)12-11(5-7)22-15(14(21)13(12)20)6-1-2-8(17)9(18)3-6;1(11-3-7-13-8-4-11)2-12-5-9-14-10-6-12;1-2-4-5-3-1/h1-5,16-19,21H;1-10H;1-4H2/b;2-1+;. The topological polar surface area (TPSA) is 166 Å².